The quantitative estimate of drug-likeness (QED) is 0.940. The molecule has 98 valence electrons. The van der Waals surface area contributed by atoms with Gasteiger partial charge >= 0.3 is 0 Å². The van der Waals surface area contributed by atoms with E-state index in [4.69, 9.17) is 5.26 Å². The third kappa shape index (κ3) is 3.20. The Morgan fingerprint density at radius 2 is 2.16 bits per heavy atom. The Kier molecular flexibility index (Phi) is 4.00. The van der Waals surface area contributed by atoms with E-state index in [1.54, 1.807) is 6.92 Å². The van der Waals surface area contributed by atoms with Crippen molar-refractivity contribution in [2.75, 3.05) is 0 Å². The van der Waals surface area contributed by atoms with Gasteiger partial charge in [-0.05, 0) is 42.1 Å². The van der Waals surface area contributed by atoms with Crippen molar-refractivity contribution in [3.8, 4) is 6.07 Å². The van der Waals surface area contributed by atoms with Crippen molar-refractivity contribution < 1.29 is 8.42 Å². The van der Waals surface area contributed by atoms with Gasteiger partial charge in [-0.3, -0.25) is 0 Å². The van der Waals surface area contributed by atoms with Crippen molar-refractivity contribution >= 4 is 21.4 Å². The van der Waals surface area contributed by atoms with Crippen LogP contribution in [0.15, 0.2) is 40.6 Å². The maximum atomic E-state index is 12.1. The Bertz CT molecular complexity index is 714. The highest BCUT2D eigenvalue weighted by atomic mass is 32.2. The second-order valence-corrected chi connectivity index (χ2v) is 6.79. The molecule has 0 radical (unpaired) electrons. The molecule has 1 N–H and O–H groups in total. The summed E-state index contributed by atoms with van der Waals surface area (Å²) in [6.45, 7) is 2.00. The first kappa shape index (κ1) is 13.7. The van der Waals surface area contributed by atoms with Gasteiger partial charge in [-0.1, -0.05) is 6.07 Å². The van der Waals surface area contributed by atoms with Crippen molar-refractivity contribution in [3.05, 3.63) is 51.7 Å². The maximum absolute atomic E-state index is 12.1. The zero-order valence-electron chi connectivity index (χ0n) is 10.3. The molecule has 0 aliphatic rings. The van der Waals surface area contributed by atoms with E-state index in [-0.39, 0.29) is 11.4 Å². The van der Waals surface area contributed by atoms with Gasteiger partial charge in [0.05, 0.1) is 16.5 Å². The van der Waals surface area contributed by atoms with E-state index in [1.165, 1.54) is 29.5 Å². The molecule has 1 heterocycles. The van der Waals surface area contributed by atoms with Gasteiger partial charge in [0.25, 0.3) is 0 Å². The molecule has 4 nitrogen and oxygen atoms in total. The molecule has 19 heavy (non-hydrogen) atoms. The molecule has 0 aliphatic carbocycles. The summed E-state index contributed by atoms with van der Waals surface area (Å²) in [5.74, 6) is 0. The van der Waals surface area contributed by atoms with Crippen molar-refractivity contribution in [1.29, 1.82) is 5.26 Å². The van der Waals surface area contributed by atoms with Crippen LogP contribution in [0, 0.1) is 18.3 Å². The molecule has 6 heteroatoms. The van der Waals surface area contributed by atoms with Crippen LogP contribution < -0.4 is 4.72 Å². The number of sulfonamides is 1. The molecule has 1 aromatic heterocycles. The van der Waals surface area contributed by atoms with Crippen LogP contribution in [0.1, 0.15) is 16.0 Å². The van der Waals surface area contributed by atoms with Gasteiger partial charge in [-0.25, -0.2) is 13.1 Å². The summed E-state index contributed by atoms with van der Waals surface area (Å²) < 4.78 is 26.7. The summed E-state index contributed by atoms with van der Waals surface area (Å²) in [6.07, 6.45) is 0. The molecule has 0 saturated heterocycles. The number of hydrogen-bond acceptors (Lipinski definition) is 4. The molecule has 0 atom stereocenters. The van der Waals surface area contributed by atoms with Gasteiger partial charge in [-0.15, -0.1) is 11.3 Å². The summed E-state index contributed by atoms with van der Waals surface area (Å²) in [5, 5.41) is 10.7. The smallest absolute Gasteiger partial charge is 0.207 e. The van der Waals surface area contributed by atoms with Crippen LogP contribution in [0.4, 0.5) is 0 Å². The van der Waals surface area contributed by atoms with Gasteiger partial charge in [-0.2, -0.15) is 5.26 Å². The second-order valence-electron chi connectivity index (χ2n) is 3.99. The highest BCUT2D eigenvalue weighted by Gasteiger charge is 2.14. The largest absolute Gasteiger partial charge is 0.240 e. The van der Waals surface area contributed by atoms with Crippen LogP contribution >= 0.6 is 11.3 Å². The Morgan fingerprint density at radius 3 is 2.74 bits per heavy atom. The van der Waals surface area contributed by atoms with Crippen LogP contribution in [-0.2, 0) is 16.6 Å². The van der Waals surface area contributed by atoms with Gasteiger partial charge in [0, 0.05) is 11.4 Å². The predicted octanol–water partition coefficient (Wildman–Crippen LogP) is 2.41. The predicted molar refractivity (Wildman–Crippen MR) is 74.2 cm³/mol. The maximum Gasteiger partial charge on any atom is 0.240 e. The second kappa shape index (κ2) is 5.53. The van der Waals surface area contributed by atoms with Crippen LogP contribution in [0.5, 0.6) is 0 Å². The summed E-state index contributed by atoms with van der Waals surface area (Å²) in [7, 11) is -3.54. The minimum atomic E-state index is -3.54. The van der Waals surface area contributed by atoms with Gasteiger partial charge in [0.15, 0.2) is 0 Å². The standard InChI is InChI=1S/C13H12N2O2S2/c1-10-7-13(5-4-11(10)8-14)19(16,17)15-9-12-3-2-6-18-12/h2-7,15H,9H2,1H3. The number of thiophene rings is 1. The fourth-order valence-corrected chi connectivity index (χ4v) is 3.42. The summed E-state index contributed by atoms with van der Waals surface area (Å²) in [5.41, 5.74) is 1.14. The van der Waals surface area contributed by atoms with Gasteiger partial charge < -0.3 is 0 Å². The molecule has 2 rings (SSSR count). The number of hydrogen-bond donors (Lipinski definition) is 1. The molecular formula is C13H12N2O2S2. The monoisotopic (exact) mass is 292 g/mol. The lowest BCUT2D eigenvalue weighted by Crippen LogP contribution is -2.22. The highest BCUT2D eigenvalue weighted by molar-refractivity contribution is 7.89. The molecule has 0 bridgehead atoms. The van der Waals surface area contributed by atoms with E-state index in [0.29, 0.717) is 11.1 Å². The van der Waals surface area contributed by atoms with E-state index in [0.717, 1.165) is 4.88 Å². The molecule has 0 saturated carbocycles. The molecule has 0 spiro atoms. The average molecular weight is 292 g/mol. The molecule has 0 fully saturated rings. The van der Waals surface area contributed by atoms with Crippen molar-refractivity contribution in [2.24, 2.45) is 0 Å². The van der Waals surface area contributed by atoms with E-state index < -0.39 is 10.0 Å². The molecule has 1 aromatic carbocycles. The number of aryl methyl sites for hydroxylation is 1. The lowest BCUT2D eigenvalue weighted by atomic mass is 10.1. The fourth-order valence-electron chi connectivity index (χ4n) is 1.59. The van der Waals surface area contributed by atoms with Crippen LogP contribution in [0.3, 0.4) is 0 Å². The molecule has 2 aromatic rings. The average Bonchev–Trinajstić information content (AvgIpc) is 2.89. The summed E-state index contributed by atoms with van der Waals surface area (Å²) in [6, 6.07) is 10.2. The first-order valence-corrected chi connectivity index (χ1v) is 7.92. The molecule has 0 amide bonds. The molecule has 0 aliphatic heterocycles. The van der Waals surface area contributed by atoms with Crippen molar-refractivity contribution in [2.45, 2.75) is 18.4 Å². The van der Waals surface area contributed by atoms with E-state index in [1.807, 2.05) is 23.6 Å². The normalized spacial score (nSPS) is 11.2. The SMILES string of the molecule is Cc1cc(S(=O)(=O)NCc2cccs2)ccc1C#N. The first-order chi connectivity index (χ1) is 9.03. The summed E-state index contributed by atoms with van der Waals surface area (Å²) in [4.78, 5) is 1.13. The zero-order chi connectivity index (χ0) is 13.9. The highest BCUT2D eigenvalue weighted by Crippen LogP contribution is 2.16. The van der Waals surface area contributed by atoms with Crippen molar-refractivity contribution in [1.82, 2.24) is 4.72 Å². The Morgan fingerprint density at radius 1 is 1.37 bits per heavy atom. The third-order valence-corrected chi connectivity index (χ3v) is 4.92. The van der Waals surface area contributed by atoms with Crippen LogP contribution in [-0.4, -0.2) is 8.42 Å². The van der Waals surface area contributed by atoms with Crippen molar-refractivity contribution in [3.63, 3.8) is 0 Å². The van der Waals surface area contributed by atoms with E-state index in [2.05, 4.69) is 4.72 Å². The number of nitriles is 1. The Labute approximate surface area is 116 Å². The summed E-state index contributed by atoms with van der Waals surface area (Å²) >= 11 is 1.50. The minimum Gasteiger partial charge on any atom is -0.207 e. The lowest BCUT2D eigenvalue weighted by molar-refractivity contribution is 0.581. The number of benzene rings is 1. The first-order valence-electron chi connectivity index (χ1n) is 5.56. The number of rotatable bonds is 4. The van der Waals surface area contributed by atoms with E-state index in [9.17, 15) is 8.42 Å². The number of nitrogens with zero attached hydrogens (tertiary/aromatic N) is 1. The Hall–Kier alpha value is -1.68. The third-order valence-electron chi connectivity index (χ3n) is 2.65. The van der Waals surface area contributed by atoms with Gasteiger partial charge in [0.2, 0.25) is 10.0 Å². The lowest BCUT2D eigenvalue weighted by Gasteiger charge is -2.07. The van der Waals surface area contributed by atoms with Crippen LogP contribution in [0.25, 0.3) is 0 Å². The molecule has 0 unspecified atom stereocenters. The van der Waals surface area contributed by atoms with E-state index >= 15 is 0 Å². The minimum absolute atomic E-state index is 0.181. The van der Waals surface area contributed by atoms with Crippen LogP contribution in [0.2, 0.25) is 0 Å². The zero-order valence-corrected chi connectivity index (χ0v) is 11.9. The number of nitrogens with one attached hydrogen (secondary N) is 1. The fraction of sp³-hybridized carbons (Fsp3) is 0.154. The Balaban J connectivity index is 2.20. The molecular weight excluding hydrogens is 280 g/mol. The topological polar surface area (TPSA) is 70.0 Å². The van der Waals surface area contributed by atoms with Gasteiger partial charge in [0.1, 0.15) is 0 Å².